The smallest absolute Gasteiger partial charge is 0.261 e. The fourth-order valence-electron chi connectivity index (χ4n) is 2.92. The first-order chi connectivity index (χ1) is 14.5. The molecule has 1 saturated carbocycles. The van der Waals surface area contributed by atoms with Crippen molar-refractivity contribution >= 4 is 40.5 Å². The molecule has 0 spiro atoms. The predicted molar refractivity (Wildman–Crippen MR) is 123 cm³/mol. The first-order valence-electron chi connectivity index (χ1n) is 10.2. The summed E-state index contributed by atoms with van der Waals surface area (Å²) in [6.45, 7) is 4.54. The third-order valence-electron chi connectivity index (χ3n) is 4.90. The SMILES string of the molecule is CCCCOc1ccccc1C(=O)NC(=S)Nc1cccc(NC(=O)C2CC2)c1C. The van der Waals surface area contributed by atoms with Crippen LogP contribution in [0.5, 0.6) is 5.75 Å². The summed E-state index contributed by atoms with van der Waals surface area (Å²) in [5.41, 5.74) is 2.74. The predicted octanol–water partition coefficient (Wildman–Crippen LogP) is 4.65. The van der Waals surface area contributed by atoms with Gasteiger partial charge in [0.1, 0.15) is 5.75 Å². The molecule has 1 aliphatic carbocycles. The largest absolute Gasteiger partial charge is 0.493 e. The van der Waals surface area contributed by atoms with Gasteiger partial charge in [-0.25, -0.2) is 0 Å². The summed E-state index contributed by atoms with van der Waals surface area (Å²) >= 11 is 5.33. The number of carbonyl (C=O) groups is 2. The molecule has 158 valence electrons. The van der Waals surface area contributed by atoms with Crippen LogP contribution in [0.25, 0.3) is 0 Å². The molecule has 1 fully saturated rings. The van der Waals surface area contributed by atoms with Gasteiger partial charge in [0.2, 0.25) is 5.91 Å². The van der Waals surface area contributed by atoms with E-state index in [1.165, 1.54) is 0 Å². The van der Waals surface area contributed by atoms with Crippen molar-refractivity contribution < 1.29 is 14.3 Å². The number of para-hydroxylation sites is 1. The van der Waals surface area contributed by atoms with Crippen LogP contribution >= 0.6 is 12.2 Å². The van der Waals surface area contributed by atoms with Gasteiger partial charge < -0.3 is 15.4 Å². The minimum Gasteiger partial charge on any atom is -0.493 e. The number of nitrogens with one attached hydrogen (secondary N) is 3. The highest BCUT2D eigenvalue weighted by Gasteiger charge is 2.29. The van der Waals surface area contributed by atoms with Crippen LogP contribution in [0.2, 0.25) is 0 Å². The normalized spacial score (nSPS) is 12.7. The van der Waals surface area contributed by atoms with E-state index in [1.54, 1.807) is 18.2 Å². The van der Waals surface area contributed by atoms with E-state index in [1.807, 2.05) is 31.2 Å². The van der Waals surface area contributed by atoms with E-state index in [-0.39, 0.29) is 22.8 Å². The number of rotatable bonds is 8. The number of amides is 2. The first-order valence-corrected chi connectivity index (χ1v) is 10.6. The van der Waals surface area contributed by atoms with Crippen molar-refractivity contribution in [3.8, 4) is 5.75 Å². The van der Waals surface area contributed by atoms with Crippen molar-refractivity contribution in [2.45, 2.75) is 39.5 Å². The zero-order valence-electron chi connectivity index (χ0n) is 17.3. The standard InChI is InChI=1S/C23H27N3O3S/c1-3-4-14-29-20-11-6-5-8-17(20)22(28)26-23(30)25-19-10-7-9-18(15(19)2)24-21(27)16-12-13-16/h5-11,16H,3-4,12-14H2,1-2H3,(H,24,27)(H2,25,26,28,30). The van der Waals surface area contributed by atoms with Gasteiger partial charge in [0, 0.05) is 17.3 Å². The van der Waals surface area contributed by atoms with E-state index in [2.05, 4.69) is 22.9 Å². The minimum absolute atomic E-state index is 0.0470. The van der Waals surface area contributed by atoms with Crippen molar-refractivity contribution in [3.05, 3.63) is 53.6 Å². The lowest BCUT2D eigenvalue weighted by Gasteiger charge is -2.16. The highest BCUT2D eigenvalue weighted by Crippen LogP contribution is 2.31. The van der Waals surface area contributed by atoms with Crippen LogP contribution in [-0.4, -0.2) is 23.5 Å². The quantitative estimate of drug-likeness (QED) is 0.424. The number of hydrogen-bond acceptors (Lipinski definition) is 4. The molecule has 0 bridgehead atoms. The maximum Gasteiger partial charge on any atom is 0.261 e. The maximum atomic E-state index is 12.7. The maximum absolute atomic E-state index is 12.7. The fraction of sp³-hybridized carbons (Fsp3) is 0.348. The Hall–Kier alpha value is -2.93. The molecule has 6 nitrogen and oxygen atoms in total. The Kier molecular flexibility index (Phi) is 7.41. The van der Waals surface area contributed by atoms with Gasteiger partial charge in [0.05, 0.1) is 12.2 Å². The first kappa shape index (κ1) is 21.8. The highest BCUT2D eigenvalue weighted by molar-refractivity contribution is 7.80. The lowest BCUT2D eigenvalue weighted by atomic mass is 10.1. The van der Waals surface area contributed by atoms with E-state index in [0.29, 0.717) is 17.9 Å². The molecular weight excluding hydrogens is 398 g/mol. The second-order valence-corrected chi connectivity index (χ2v) is 7.76. The molecule has 30 heavy (non-hydrogen) atoms. The van der Waals surface area contributed by atoms with Crippen LogP contribution in [0.3, 0.4) is 0 Å². The van der Waals surface area contributed by atoms with Gasteiger partial charge in [-0.05, 0) is 68.2 Å². The molecule has 0 aromatic heterocycles. The Morgan fingerprint density at radius 2 is 1.77 bits per heavy atom. The molecule has 2 aromatic carbocycles. The summed E-state index contributed by atoms with van der Waals surface area (Å²) in [7, 11) is 0. The van der Waals surface area contributed by atoms with Crippen molar-refractivity contribution in [2.75, 3.05) is 17.2 Å². The van der Waals surface area contributed by atoms with E-state index >= 15 is 0 Å². The molecule has 0 aliphatic heterocycles. The molecule has 7 heteroatoms. The molecule has 0 atom stereocenters. The van der Waals surface area contributed by atoms with E-state index in [9.17, 15) is 9.59 Å². The van der Waals surface area contributed by atoms with Gasteiger partial charge in [-0.1, -0.05) is 31.5 Å². The highest BCUT2D eigenvalue weighted by atomic mass is 32.1. The zero-order chi connectivity index (χ0) is 21.5. The zero-order valence-corrected chi connectivity index (χ0v) is 18.1. The fourth-order valence-corrected chi connectivity index (χ4v) is 3.12. The van der Waals surface area contributed by atoms with Crippen LogP contribution in [0.4, 0.5) is 11.4 Å². The van der Waals surface area contributed by atoms with Gasteiger partial charge in [-0.3, -0.25) is 14.9 Å². The van der Waals surface area contributed by atoms with E-state index < -0.39 is 0 Å². The molecule has 0 unspecified atom stereocenters. The van der Waals surface area contributed by atoms with Crippen LogP contribution in [0.15, 0.2) is 42.5 Å². The Bertz CT molecular complexity index is 941. The third kappa shape index (κ3) is 5.79. The van der Waals surface area contributed by atoms with Crippen molar-refractivity contribution in [1.29, 1.82) is 0 Å². The molecular formula is C23H27N3O3S. The van der Waals surface area contributed by atoms with Crippen LogP contribution in [0, 0.1) is 12.8 Å². The topological polar surface area (TPSA) is 79.5 Å². The number of carbonyl (C=O) groups excluding carboxylic acids is 2. The molecule has 0 saturated heterocycles. The number of ether oxygens (including phenoxy) is 1. The number of hydrogen-bond donors (Lipinski definition) is 3. The van der Waals surface area contributed by atoms with Crippen molar-refractivity contribution in [1.82, 2.24) is 5.32 Å². The summed E-state index contributed by atoms with van der Waals surface area (Å²) < 4.78 is 5.73. The average molecular weight is 426 g/mol. The van der Waals surface area contributed by atoms with Gasteiger partial charge >= 0.3 is 0 Å². The number of benzene rings is 2. The van der Waals surface area contributed by atoms with Crippen LogP contribution in [-0.2, 0) is 4.79 Å². The van der Waals surface area contributed by atoms with E-state index in [4.69, 9.17) is 17.0 Å². The Morgan fingerprint density at radius 1 is 1.07 bits per heavy atom. The summed E-state index contributed by atoms with van der Waals surface area (Å²) in [5.74, 6) is 0.370. The lowest BCUT2D eigenvalue weighted by Crippen LogP contribution is -2.34. The number of anilines is 2. The summed E-state index contributed by atoms with van der Waals surface area (Å²) in [5, 5.41) is 8.89. The summed E-state index contributed by atoms with van der Waals surface area (Å²) in [4.78, 5) is 24.8. The van der Waals surface area contributed by atoms with Gasteiger partial charge in [-0.15, -0.1) is 0 Å². The minimum atomic E-state index is -0.338. The van der Waals surface area contributed by atoms with Gasteiger partial charge in [-0.2, -0.15) is 0 Å². The average Bonchev–Trinajstić information content (AvgIpc) is 3.57. The van der Waals surface area contributed by atoms with Crippen molar-refractivity contribution in [3.63, 3.8) is 0 Å². The van der Waals surface area contributed by atoms with Gasteiger partial charge in [0.25, 0.3) is 5.91 Å². The number of unbranched alkanes of at least 4 members (excludes halogenated alkanes) is 1. The van der Waals surface area contributed by atoms with Gasteiger partial charge in [0.15, 0.2) is 5.11 Å². The third-order valence-corrected chi connectivity index (χ3v) is 5.11. The molecule has 2 aromatic rings. The summed E-state index contributed by atoms with van der Waals surface area (Å²) in [6, 6.07) is 12.6. The Balaban J connectivity index is 1.63. The molecule has 3 rings (SSSR count). The Labute approximate surface area is 182 Å². The molecule has 0 radical (unpaired) electrons. The molecule has 1 aliphatic rings. The second kappa shape index (κ2) is 10.2. The Morgan fingerprint density at radius 3 is 2.47 bits per heavy atom. The van der Waals surface area contributed by atoms with E-state index in [0.717, 1.165) is 42.6 Å². The van der Waals surface area contributed by atoms with Crippen molar-refractivity contribution in [2.24, 2.45) is 5.92 Å². The molecule has 3 N–H and O–H groups in total. The van der Waals surface area contributed by atoms with Crippen LogP contribution in [0.1, 0.15) is 48.5 Å². The monoisotopic (exact) mass is 425 g/mol. The molecule has 0 heterocycles. The second-order valence-electron chi connectivity index (χ2n) is 7.35. The lowest BCUT2D eigenvalue weighted by molar-refractivity contribution is -0.117. The molecule has 2 amide bonds. The number of thiocarbonyl (C=S) groups is 1. The summed E-state index contributed by atoms with van der Waals surface area (Å²) in [6.07, 6.45) is 3.83. The van der Waals surface area contributed by atoms with Crippen LogP contribution < -0.4 is 20.7 Å².